The van der Waals surface area contributed by atoms with Gasteiger partial charge in [-0.2, -0.15) is 0 Å². The number of fused-ring (bicyclic) bond motifs is 1. The minimum Gasteiger partial charge on any atom is -0.507 e. The third-order valence-electron chi connectivity index (χ3n) is 4.80. The van der Waals surface area contributed by atoms with E-state index in [4.69, 9.17) is 16.0 Å². The number of hydrogen-bond donors (Lipinski definition) is 1. The molecule has 0 aliphatic carbocycles. The molecule has 0 unspecified atom stereocenters. The number of phenolic OH excluding ortho intramolecular Hbond substituents is 1. The van der Waals surface area contributed by atoms with Crippen molar-refractivity contribution in [1.29, 1.82) is 0 Å². The van der Waals surface area contributed by atoms with Crippen molar-refractivity contribution >= 4 is 34.6 Å². The predicted molar refractivity (Wildman–Crippen MR) is 114 cm³/mol. The third-order valence-corrected chi connectivity index (χ3v) is 5.38. The lowest BCUT2D eigenvalue weighted by molar-refractivity contribution is 0.473. The van der Waals surface area contributed by atoms with Gasteiger partial charge in [0.2, 0.25) is 5.89 Å². The van der Waals surface area contributed by atoms with E-state index in [1.807, 2.05) is 63.2 Å². The fourth-order valence-electron chi connectivity index (χ4n) is 3.18. The fourth-order valence-corrected chi connectivity index (χ4v) is 3.33. The van der Waals surface area contributed by atoms with Gasteiger partial charge in [-0.3, -0.25) is 4.99 Å². The second-order valence-electron chi connectivity index (χ2n) is 6.81. The molecule has 0 amide bonds. The number of aromatic nitrogens is 1. The highest BCUT2D eigenvalue weighted by Crippen LogP contribution is 2.31. The average molecular weight is 391 g/mol. The highest BCUT2D eigenvalue weighted by molar-refractivity contribution is 6.32. The molecule has 1 heterocycles. The van der Waals surface area contributed by atoms with E-state index < -0.39 is 0 Å². The average Bonchev–Trinajstić information content (AvgIpc) is 3.09. The van der Waals surface area contributed by atoms with Crippen molar-refractivity contribution in [3.63, 3.8) is 0 Å². The summed E-state index contributed by atoms with van der Waals surface area (Å²) in [6.45, 7) is 5.76. The Kier molecular flexibility index (Phi) is 4.65. The van der Waals surface area contributed by atoms with Crippen molar-refractivity contribution in [3.05, 3.63) is 75.8 Å². The summed E-state index contributed by atoms with van der Waals surface area (Å²) in [5.41, 5.74) is 6.47. The molecule has 4 rings (SSSR count). The number of aryl methyl sites for hydroxylation is 2. The summed E-state index contributed by atoms with van der Waals surface area (Å²) >= 11 is 6.29. The number of rotatable bonds is 3. The zero-order valence-electron chi connectivity index (χ0n) is 15.8. The summed E-state index contributed by atoms with van der Waals surface area (Å²) in [6, 6.07) is 15.2. The van der Waals surface area contributed by atoms with Crippen molar-refractivity contribution in [2.45, 2.75) is 20.8 Å². The van der Waals surface area contributed by atoms with Crippen LogP contribution in [0.5, 0.6) is 5.75 Å². The molecule has 4 aromatic rings. The van der Waals surface area contributed by atoms with Gasteiger partial charge in [0.15, 0.2) is 5.58 Å². The molecule has 0 aliphatic rings. The van der Waals surface area contributed by atoms with Crippen molar-refractivity contribution in [2.24, 2.45) is 4.99 Å². The molecule has 140 valence electrons. The molecule has 0 fully saturated rings. The molecule has 28 heavy (non-hydrogen) atoms. The van der Waals surface area contributed by atoms with Crippen molar-refractivity contribution in [1.82, 2.24) is 4.98 Å². The van der Waals surface area contributed by atoms with Crippen LogP contribution in [0.4, 0.5) is 5.69 Å². The van der Waals surface area contributed by atoms with E-state index in [1.165, 1.54) is 0 Å². The number of aliphatic imine (C=N–C) groups is 1. The number of oxazole rings is 1. The van der Waals surface area contributed by atoms with Crippen LogP contribution in [0.3, 0.4) is 0 Å². The van der Waals surface area contributed by atoms with Crippen LogP contribution in [0.2, 0.25) is 5.02 Å². The van der Waals surface area contributed by atoms with Gasteiger partial charge >= 0.3 is 0 Å². The number of phenols is 1. The molecule has 4 nitrogen and oxygen atoms in total. The summed E-state index contributed by atoms with van der Waals surface area (Å²) in [6.07, 6.45) is 1.62. The Morgan fingerprint density at radius 1 is 1.04 bits per heavy atom. The number of halogens is 1. The minimum atomic E-state index is 0.160. The van der Waals surface area contributed by atoms with Crippen LogP contribution in [-0.2, 0) is 0 Å². The first kappa shape index (κ1) is 18.3. The van der Waals surface area contributed by atoms with Crippen molar-refractivity contribution in [3.8, 4) is 17.2 Å². The Morgan fingerprint density at radius 3 is 2.61 bits per heavy atom. The second-order valence-corrected chi connectivity index (χ2v) is 7.19. The predicted octanol–water partition coefficient (Wildman–Crippen LogP) is 6.53. The van der Waals surface area contributed by atoms with Gasteiger partial charge < -0.3 is 9.52 Å². The van der Waals surface area contributed by atoms with Crippen LogP contribution in [0.1, 0.15) is 22.3 Å². The summed E-state index contributed by atoms with van der Waals surface area (Å²) < 4.78 is 5.90. The maximum absolute atomic E-state index is 10.2. The van der Waals surface area contributed by atoms with Crippen LogP contribution in [0.25, 0.3) is 22.6 Å². The summed E-state index contributed by atoms with van der Waals surface area (Å²) in [4.78, 5) is 9.10. The summed E-state index contributed by atoms with van der Waals surface area (Å²) in [5.74, 6) is 0.750. The molecule has 0 spiro atoms. The van der Waals surface area contributed by atoms with Gasteiger partial charge in [-0.25, -0.2) is 4.98 Å². The highest BCUT2D eigenvalue weighted by Gasteiger charge is 2.12. The van der Waals surface area contributed by atoms with Crippen LogP contribution >= 0.6 is 11.6 Å². The molecule has 0 saturated carbocycles. The second kappa shape index (κ2) is 7.13. The van der Waals surface area contributed by atoms with E-state index in [0.29, 0.717) is 27.7 Å². The van der Waals surface area contributed by atoms with E-state index in [9.17, 15) is 5.11 Å². The van der Waals surface area contributed by atoms with Gasteiger partial charge in [0.05, 0.1) is 5.69 Å². The molecule has 5 heteroatoms. The number of nitrogens with zero attached hydrogens (tertiary/aromatic N) is 2. The van der Waals surface area contributed by atoms with Gasteiger partial charge in [0.1, 0.15) is 11.3 Å². The smallest absolute Gasteiger partial charge is 0.227 e. The van der Waals surface area contributed by atoms with Crippen LogP contribution < -0.4 is 0 Å². The fraction of sp³-hybridized carbons (Fsp3) is 0.130. The molecular weight excluding hydrogens is 372 g/mol. The SMILES string of the molecule is Cc1ccccc1-c1nc2cc(N=Cc3c(O)cc(C)c(Cl)c3C)ccc2o1. The molecule has 1 N–H and O–H groups in total. The van der Waals surface area contributed by atoms with E-state index >= 15 is 0 Å². The Labute approximate surface area is 168 Å². The Hall–Kier alpha value is -3.11. The quantitative estimate of drug-likeness (QED) is 0.404. The number of aromatic hydroxyl groups is 1. The first-order valence-corrected chi connectivity index (χ1v) is 9.31. The largest absolute Gasteiger partial charge is 0.507 e. The lowest BCUT2D eigenvalue weighted by Gasteiger charge is -2.08. The first-order valence-electron chi connectivity index (χ1n) is 8.93. The molecular formula is C23H19ClN2O2. The van der Waals surface area contributed by atoms with Gasteiger partial charge in [-0.1, -0.05) is 29.8 Å². The van der Waals surface area contributed by atoms with Gasteiger partial charge in [-0.15, -0.1) is 0 Å². The molecule has 0 aliphatic heterocycles. The Morgan fingerprint density at radius 2 is 1.82 bits per heavy atom. The standard InChI is InChI=1S/C23H19ClN2O2/c1-13-6-4-5-7-17(13)23-26-19-11-16(8-9-21(19)28-23)25-12-18-15(3)22(24)14(2)10-20(18)27/h4-12,27H,1-3H3. The lowest BCUT2D eigenvalue weighted by atomic mass is 10.0. The third kappa shape index (κ3) is 3.27. The molecule has 0 saturated heterocycles. The maximum atomic E-state index is 10.2. The van der Waals surface area contributed by atoms with Crippen LogP contribution in [-0.4, -0.2) is 16.3 Å². The lowest BCUT2D eigenvalue weighted by Crippen LogP contribution is -1.92. The number of hydrogen-bond acceptors (Lipinski definition) is 4. The molecule has 0 bridgehead atoms. The zero-order chi connectivity index (χ0) is 19.8. The normalized spacial score (nSPS) is 11.6. The van der Waals surface area contributed by atoms with Crippen LogP contribution in [0, 0.1) is 20.8 Å². The Balaban J connectivity index is 1.71. The van der Waals surface area contributed by atoms with E-state index in [-0.39, 0.29) is 5.75 Å². The van der Waals surface area contributed by atoms with E-state index in [1.54, 1.807) is 12.3 Å². The molecule has 3 aromatic carbocycles. The topological polar surface area (TPSA) is 58.6 Å². The highest BCUT2D eigenvalue weighted by atomic mass is 35.5. The zero-order valence-corrected chi connectivity index (χ0v) is 16.6. The van der Waals surface area contributed by atoms with Crippen molar-refractivity contribution < 1.29 is 9.52 Å². The van der Waals surface area contributed by atoms with Crippen LogP contribution in [0.15, 0.2) is 57.9 Å². The van der Waals surface area contributed by atoms with Gasteiger partial charge in [0, 0.05) is 22.4 Å². The van der Waals surface area contributed by atoms with Crippen molar-refractivity contribution in [2.75, 3.05) is 0 Å². The van der Waals surface area contributed by atoms with Gasteiger partial charge in [-0.05, 0) is 67.8 Å². The van der Waals surface area contributed by atoms with E-state index in [2.05, 4.69) is 9.98 Å². The number of benzene rings is 3. The summed E-state index contributed by atoms with van der Waals surface area (Å²) in [7, 11) is 0. The molecule has 0 atom stereocenters. The monoisotopic (exact) mass is 390 g/mol. The minimum absolute atomic E-state index is 0.160. The van der Waals surface area contributed by atoms with Gasteiger partial charge in [0.25, 0.3) is 0 Å². The maximum Gasteiger partial charge on any atom is 0.227 e. The first-order chi connectivity index (χ1) is 13.4. The molecule has 1 aromatic heterocycles. The Bertz CT molecular complexity index is 1220. The van der Waals surface area contributed by atoms with E-state index in [0.717, 1.165) is 27.8 Å². The summed E-state index contributed by atoms with van der Waals surface area (Å²) in [5, 5.41) is 10.9. The molecule has 0 radical (unpaired) electrons.